The molecule has 1 unspecified atom stereocenters. The summed E-state index contributed by atoms with van der Waals surface area (Å²) in [7, 11) is 0. The molecular formula is C25H42O. The molecule has 5 fully saturated rings. The van der Waals surface area contributed by atoms with Crippen LogP contribution in [0.25, 0.3) is 0 Å². The first-order valence-electron chi connectivity index (χ1n) is 11.8. The molecule has 5 rings (SSSR count). The lowest BCUT2D eigenvalue weighted by Gasteiger charge is -2.56. The molecule has 10 atom stereocenters. The molecule has 1 N–H and O–H groups in total. The van der Waals surface area contributed by atoms with E-state index in [1.807, 2.05) is 0 Å². The van der Waals surface area contributed by atoms with Crippen LogP contribution >= 0.6 is 0 Å². The Morgan fingerprint density at radius 1 is 0.885 bits per heavy atom. The van der Waals surface area contributed by atoms with Crippen LogP contribution in [0.1, 0.15) is 92.9 Å². The van der Waals surface area contributed by atoms with Crippen molar-refractivity contribution in [2.75, 3.05) is 0 Å². The molecule has 1 nitrogen and oxygen atoms in total. The van der Waals surface area contributed by atoms with Crippen LogP contribution in [-0.4, -0.2) is 10.7 Å². The smallest absolute Gasteiger partial charge is 0.0743 e. The quantitative estimate of drug-likeness (QED) is 0.583. The maximum Gasteiger partial charge on any atom is 0.0743 e. The highest BCUT2D eigenvalue weighted by molar-refractivity contribution is 5.33. The van der Waals surface area contributed by atoms with Crippen LogP contribution in [0.3, 0.4) is 0 Å². The van der Waals surface area contributed by atoms with Gasteiger partial charge in [-0.1, -0.05) is 41.5 Å². The minimum Gasteiger partial charge on any atom is -0.389 e. The average Bonchev–Trinajstić information content (AvgIpc) is 2.81. The predicted octanol–water partition coefficient (Wildman–Crippen LogP) is 6.30. The Balaban J connectivity index is 1.59. The Morgan fingerprint density at radius 3 is 2.31 bits per heavy atom. The molecule has 148 valence electrons. The summed E-state index contributed by atoms with van der Waals surface area (Å²) in [5.41, 5.74) is 0.774. The van der Waals surface area contributed by atoms with E-state index in [0.717, 1.165) is 36.0 Å². The molecule has 0 saturated heterocycles. The molecule has 0 bridgehead atoms. The largest absolute Gasteiger partial charge is 0.389 e. The zero-order valence-electron chi connectivity index (χ0n) is 18.1. The van der Waals surface area contributed by atoms with E-state index in [9.17, 15) is 5.11 Å². The Bertz CT molecular complexity index is 611. The van der Waals surface area contributed by atoms with Crippen LogP contribution < -0.4 is 0 Å². The Morgan fingerprint density at radius 2 is 1.62 bits per heavy atom. The van der Waals surface area contributed by atoms with E-state index in [-0.39, 0.29) is 5.41 Å². The van der Waals surface area contributed by atoms with Gasteiger partial charge in [0.2, 0.25) is 0 Å². The van der Waals surface area contributed by atoms with Gasteiger partial charge in [0.15, 0.2) is 0 Å². The van der Waals surface area contributed by atoms with Crippen molar-refractivity contribution in [2.24, 2.45) is 57.7 Å². The molecule has 5 aliphatic rings. The molecule has 0 amide bonds. The molecule has 0 radical (unpaired) electrons. The van der Waals surface area contributed by atoms with E-state index in [2.05, 4.69) is 41.5 Å². The van der Waals surface area contributed by atoms with Gasteiger partial charge >= 0.3 is 0 Å². The van der Waals surface area contributed by atoms with E-state index in [1.165, 1.54) is 44.9 Å². The summed E-state index contributed by atoms with van der Waals surface area (Å²) < 4.78 is 0. The second-order valence-electron chi connectivity index (χ2n) is 12.4. The summed E-state index contributed by atoms with van der Waals surface area (Å²) in [6.45, 7) is 15.0. The maximum absolute atomic E-state index is 12.6. The average molecular weight is 359 g/mol. The highest BCUT2D eigenvalue weighted by Crippen LogP contribution is 2.87. The summed E-state index contributed by atoms with van der Waals surface area (Å²) in [5, 5.41) is 12.6. The van der Waals surface area contributed by atoms with Crippen LogP contribution in [0.4, 0.5) is 0 Å². The fourth-order valence-electron chi connectivity index (χ4n) is 10.2. The monoisotopic (exact) mass is 358 g/mol. The molecular weight excluding hydrogens is 316 g/mol. The fraction of sp³-hybridized carbons (Fsp3) is 1.00. The molecule has 0 aromatic heterocycles. The molecule has 0 aromatic rings. The fourth-order valence-corrected chi connectivity index (χ4v) is 10.2. The molecule has 0 aromatic carbocycles. The van der Waals surface area contributed by atoms with Gasteiger partial charge in [-0.25, -0.2) is 0 Å². The van der Waals surface area contributed by atoms with Gasteiger partial charge < -0.3 is 5.11 Å². The summed E-state index contributed by atoms with van der Waals surface area (Å²) >= 11 is 0. The van der Waals surface area contributed by atoms with Crippen LogP contribution in [-0.2, 0) is 0 Å². The SMILES string of the molecule is CC(C)[C@H]1CC[C@]2(C)C[C@@H]3[C@@H](C)CCC45[C@@H](CC[C@@H]4C)[C@]5(C)[C@@]3(O)C[C@@H]12. The molecule has 5 saturated carbocycles. The van der Waals surface area contributed by atoms with E-state index in [1.54, 1.807) is 0 Å². The van der Waals surface area contributed by atoms with Gasteiger partial charge in [-0.2, -0.15) is 0 Å². The van der Waals surface area contributed by atoms with E-state index in [0.29, 0.717) is 22.7 Å². The van der Waals surface area contributed by atoms with Crippen molar-refractivity contribution in [1.29, 1.82) is 0 Å². The highest BCUT2D eigenvalue weighted by Gasteiger charge is 2.85. The summed E-state index contributed by atoms with van der Waals surface area (Å²) in [4.78, 5) is 0. The van der Waals surface area contributed by atoms with Gasteiger partial charge in [0.1, 0.15) is 0 Å². The topological polar surface area (TPSA) is 20.2 Å². The third kappa shape index (κ3) is 1.75. The first kappa shape index (κ1) is 18.0. The number of fused-ring (bicyclic) bond motifs is 4. The Kier molecular flexibility index (Phi) is 3.54. The second kappa shape index (κ2) is 5.11. The Hall–Kier alpha value is -0.0400. The second-order valence-corrected chi connectivity index (χ2v) is 12.4. The number of hydrogen-bond donors (Lipinski definition) is 1. The van der Waals surface area contributed by atoms with Gasteiger partial charge in [-0.05, 0) is 104 Å². The lowest BCUT2D eigenvalue weighted by atomic mass is 9.51. The van der Waals surface area contributed by atoms with E-state index >= 15 is 0 Å². The summed E-state index contributed by atoms with van der Waals surface area (Å²) in [6.07, 6.45) is 10.8. The molecule has 1 spiro atoms. The van der Waals surface area contributed by atoms with Gasteiger partial charge in [0.25, 0.3) is 0 Å². The molecule has 5 aliphatic carbocycles. The van der Waals surface area contributed by atoms with Crippen LogP contribution in [0.15, 0.2) is 0 Å². The van der Waals surface area contributed by atoms with Gasteiger partial charge in [-0.15, -0.1) is 0 Å². The first-order valence-corrected chi connectivity index (χ1v) is 11.8. The van der Waals surface area contributed by atoms with Crippen LogP contribution in [0, 0.1) is 57.7 Å². The standard InChI is InChI=1S/C25H42O/c1-15(2)18-10-11-22(5)13-19-16(3)9-12-24-17(4)7-8-21(24)23(24,6)25(19,26)14-20(18)22/h15-21,26H,7-14H2,1-6H3/t16-,17-,18+,19+,20-,21-,22+,23-,24?,25+/m0/s1. The molecule has 26 heavy (non-hydrogen) atoms. The van der Waals surface area contributed by atoms with Gasteiger partial charge in [0, 0.05) is 5.41 Å². The summed E-state index contributed by atoms with van der Waals surface area (Å²) in [6, 6.07) is 0. The number of hydrogen-bond acceptors (Lipinski definition) is 1. The normalized spacial score (nSPS) is 63.7. The van der Waals surface area contributed by atoms with Crippen molar-refractivity contribution in [1.82, 2.24) is 0 Å². The predicted molar refractivity (Wildman–Crippen MR) is 108 cm³/mol. The molecule has 1 heteroatoms. The highest BCUT2D eigenvalue weighted by atomic mass is 16.3. The minimum absolute atomic E-state index is 0.207. The zero-order chi connectivity index (χ0) is 18.7. The molecule has 0 heterocycles. The maximum atomic E-state index is 12.6. The van der Waals surface area contributed by atoms with Crippen molar-refractivity contribution >= 4 is 0 Å². The van der Waals surface area contributed by atoms with Crippen molar-refractivity contribution in [3.63, 3.8) is 0 Å². The van der Waals surface area contributed by atoms with E-state index in [4.69, 9.17) is 0 Å². The number of aliphatic hydroxyl groups is 1. The minimum atomic E-state index is -0.399. The van der Waals surface area contributed by atoms with E-state index < -0.39 is 5.60 Å². The molecule has 0 aliphatic heterocycles. The van der Waals surface area contributed by atoms with Gasteiger partial charge in [-0.3, -0.25) is 0 Å². The van der Waals surface area contributed by atoms with Crippen molar-refractivity contribution in [3.8, 4) is 0 Å². The van der Waals surface area contributed by atoms with Crippen molar-refractivity contribution < 1.29 is 5.11 Å². The van der Waals surface area contributed by atoms with Crippen LogP contribution in [0.2, 0.25) is 0 Å². The van der Waals surface area contributed by atoms with Crippen molar-refractivity contribution in [3.05, 3.63) is 0 Å². The number of rotatable bonds is 1. The Labute approximate surface area is 161 Å². The third-order valence-electron chi connectivity index (χ3n) is 11.7. The van der Waals surface area contributed by atoms with Crippen LogP contribution in [0.5, 0.6) is 0 Å². The summed E-state index contributed by atoms with van der Waals surface area (Å²) in [5.74, 6) is 5.22. The first-order chi connectivity index (χ1) is 12.1. The van der Waals surface area contributed by atoms with Crippen molar-refractivity contribution in [2.45, 2.75) is 98.5 Å². The lowest BCUT2D eigenvalue weighted by Crippen LogP contribution is -2.58. The zero-order valence-corrected chi connectivity index (χ0v) is 18.1. The van der Waals surface area contributed by atoms with Gasteiger partial charge in [0.05, 0.1) is 5.60 Å². The lowest BCUT2D eigenvalue weighted by molar-refractivity contribution is -0.175. The third-order valence-corrected chi connectivity index (χ3v) is 11.7.